The highest BCUT2D eigenvalue weighted by Crippen LogP contribution is 2.25. The predicted octanol–water partition coefficient (Wildman–Crippen LogP) is 2.47. The molecule has 0 heterocycles. The lowest BCUT2D eigenvalue weighted by atomic mass is 9.92. The minimum atomic E-state index is -1.06. The molecule has 0 unspecified atom stereocenters. The number of carbonyl (C=O) groups is 1. The van der Waals surface area contributed by atoms with Gasteiger partial charge in [0.1, 0.15) is 11.6 Å². The van der Waals surface area contributed by atoms with E-state index in [1.54, 1.807) is 26.0 Å². The number of aliphatic hydroxyl groups excluding tert-OH is 1. The molecule has 2 atom stereocenters. The van der Waals surface area contributed by atoms with Gasteiger partial charge in [-0.2, -0.15) is 0 Å². The summed E-state index contributed by atoms with van der Waals surface area (Å²) in [6.07, 6.45) is -0.703. The number of ketones is 1. The van der Waals surface area contributed by atoms with E-state index in [9.17, 15) is 14.3 Å². The molecule has 0 saturated heterocycles. The molecule has 0 aliphatic carbocycles. The molecule has 1 aromatic rings. The number of halogens is 1. The average molecular weight is 210 g/mol. The van der Waals surface area contributed by atoms with Crippen LogP contribution in [0.1, 0.15) is 31.9 Å². The van der Waals surface area contributed by atoms with Gasteiger partial charge in [-0.1, -0.05) is 32.0 Å². The fraction of sp³-hybridized carbons (Fsp3) is 0.417. The number of rotatable bonds is 4. The topological polar surface area (TPSA) is 37.3 Å². The molecule has 0 saturated carbocycles. The van der Waals surface area contributed by atoms with E-state index in [0.717, 1.165) is 0 Å². The number of Topliss-reactive ketones (excluding diaryl/α,β-unsaturated/α-hetero) is 1. The van der Waals surface area contributed by atoms with Crippen molar-refractivity contribution in [2.45, 2.75) is 26.4 Å². The highest BCUT2D eigenvalue weighted by Gasteiger charge is 2.23. The van der Waals surface area contributed by atoms with Gasteiger partial charge in [0.15, 0.2) is 0 Å². The Balaban J connectivity index is 2.89. The van der Waals surface area contributed by atoms with Crippen molar-refractivity contribution >= 4 is 5.78 Å². The molecule has 0 bridgehead atoms. The van der Waals surface area contributed by atoms with Crippen molar-refractivity contribution in [2.24, 2.45) is 5.92 Å². The molecule has 0 aromatic heterocycles. The van der Waals surface area contributed by atoms with Crippen molar-refractivity contribution in [3.05, 3.63) is 35.6 Å². The molecule has 15 heavy (non-hydrogen) atoms. The average Bonchev–Trinajstić information content (AvgIpc) is 2.26. The summed E-state index contributed by atoms with van der Waals surface area (Å²) in [5, 5.41) is 9.81. The van der Waals surface area contributed by atoms with Crippen LogP contribution in [-0.2, 0) is 4.79 Å². The van der Waals surface area contributed by atoms with Crippen LogP contribution in [0.3, 0.4) is 0 Å². The van der Waals surface area contributed by atoms with E-state index in [0.29, 0.717) is 6.42 Å². The van der Waals surface area contributed by atoms with E-state index >= 15 is 0 Å². The fourth-order valence-electron chi connectivity index (χ4n) is 1.48. The zero-order valence-electron chi connectivity index (χ0n) is 8.90. The normalized spacial score (nSPS) is 14.7. The Bertz CT molecular complexity index is 349. The van der Waals surface area contributed by atoms with Gasteiger partial charge in [-0.05, 0) is 6.07 Å². The van der Waals surface area contributed by atoms with Gasteiger partial charge < -0.3 is 5.11 Å². The van der Waals surface area contributed by atoms with Gasteiger partial charge in [0, 0.05) is 17.9 Å². The first-order valence-electron chi connectivity index (χ1n) is 5.03. The van der Waals surface area contributed by atoms with E-state index in [1.807, 2.05) is 0 Å². The van der Waals surface area contributed by atoms with Crippen LogP contribution < -0.4 is 0 Å². The second-order valence-electron chi connectivity index (χ2n) is 3.57. The zero-order valence-corrected chi connectivity index (χ0v) is 8.90. The summed E-state index contributed by atoms with van der Waals surface area (Å²) >= 11 is 0. The number of benzene rings is 1. The summed E-state index contributed by atoms with van der Waals surface area (Å²) in [5.74, 6) is -1.10. The molecule has 82 valence electrons. The molecule has 1 aromatic carbocycles. The Hall–Kier alpha value is -1.22. The Labute approximate surface area is 88.7 Å². The van der Waals surface area contributed by atoms with Gasteiger partial charge in [-0.15, -0.1) is 0 Å². The Morgan fingerprint density at radius 1 is 1.47 bits per heavy atom. The maximum Gasteiger partial charge on any atom is 0.138 e. The van der Waals surface area contributed by atoms with Crippen LogP contribution in [0.2, 0.25) is 0 Å². The van der Waals surface area contributed by atoms with E-state index in [-0.39, 0.29) is 11.3 Å². The van der Waals surface area contributed by atoms with Crippen LogP contribution in [0.4, 0.5) is 4.39 Å². The molecule has 0 amide bonds. The van der Waals surface area contributed by atoms with Crippen molar-refractivity contribution in [1.29, 1.82) is 0 Å². The van der Waals surface area contributed by atoms with Crippen LogP contribution in [-0.4, -0.2) is 10.9 Å². The molecule has 3 heteroatoms. The maximum atomic E-state index is 13.3. The molecule has 1 N–H and O–H groups in total. The summed E-state index contributed by atoms with van der Waals surface area (Å²) in [4.78, 5) is 11.4. The Morgan fingerprint density at radius 3 is 2.60 bits per heavy atom. The maximum absolute atomic E-state index is 13.3. The van der Waals surface area contributed by atoms with E-state index in [4.69, 9.17) is 0 Å². The molecule has 0 fully saturated rings. The molecular formula is C12H15FO2. The fourth-order valence-corrected chi connectivity index (χ4v) is 1.48. The summed E-state index contributed by atoms with van der Waals surface area (Å²) in [5.41, 5.74) is 0.187. The summed E-state index contributed by atoms with van der Waals surface area (Å²) in [6, 6.07) is 5.98. The van der Waals surface area contributed by atoms with Gasteiger partial charge in [-0.25, -0.2) is 4.39 Å². The Kier molecular flexibility index (Phi) is 3.97. The minimum Gasteiger partial charge on any atom is -0.388 e. The standard InChI is InChI=1S/C12H15FO2/c1-3-11(14)8(2)12(15)9-6-4-5-7-10(9)13/h4-8,12,15H,3H2,1-2H3/t8-,12+/m0/s1. The number of hydrogen-bond donors (Lipinski definition) is 1. The lowest BCUT2D eigenvalue weighted by molar-refractivity contribution is -0.125. The van der Waals surface area contributed by atoms with Crippen molar-refractivity contribution in [3.63, 3.8) is 0 Å². The number of hydrogen-bond acceptors (Lipinski definition) is 2. The second kappa shape index (κ2) is 5.03. The van der Waals surface area contributed by atoms with Crippen LogP contribution in [0.25, 0.3) is 0 Å². The van der Waals surface area contributed by atoms with Gasteiger partial charge in [0.05, 0.1) is 6.10 Å². The quantitative estimate of drug-likeness (QED) is 0.828. The third-order valence-corrected chi connectivity index (χ3v) is 2.55. The molecule has 0 radical (unpaired) electrons. The molecule has 1 rings (SSSR count). The lowest BCUT2D eigenvalue weighted by Crippen LogP contribution is -2.19. The molecule has 0 aliphatic heterocycles. The van der Waals surface area contributed by atoms with Crippen LogP contribution >= 0.6 is 0 Å². The van der Waals surface area contributed by atoms with Crippen LogP contribution in [0.15, 0.2) is 24.3 Å². The van der Waals surface area contributed by atoms with Crippen molar-refractivity contribution in [1.82, 2.24) is 0 Å². The summed E-state index contributed by atoms with van der Waals surface area (Å²) < 4.78 is 13.3. The number of carbonyl (C=O) groups excluding carboxylic acids is 1. The highest BCUT2D eigenvalue weighted by atomic mass is 19.1. The molecule has 0 aliphatic rings. The number of aliphatic hydroxyl groups is 1. The van der Waals surface area contributed by atoms with Gasteiger partial charge in [-0.3, -0.25) is 4.79 Å². The van der Waals surface area contributed by atoms with E-state index in [1.165, 1.54) is 12.1 Å². The van der Waals surface area contributed by atoms with Gasteiger partial charge in [0.25, 0.3) is 0 Å². The largest absolute Gasteiger partial charge is 0.388 e. The Morgan fingerprint density at radius 2 is 2.07 bits per heavy atom. The first kappa shape index (κ1) is 11.9. The van der Waals surface area contributed by atoms with E-state index in [2.05, 4.69) is 0 Å². The second-order valence-corrected chi connectivity index (χ2v) is 3.57. The molecule has 0 spiro atoms. The lowest BCUT2D eigenvalue weighted by Gasteiger charge is -2.17. The van der Waals surface area contributed by atoms with Gasteiger partial charge >= 0.3 is 0 Å². The van der Waals surface area contributed by atoms with Crippen molar-refractivity contribution in [2.75, 3.05) is 0 Å². The molecule has 2 nitrogen and oxygen atoms in total. The monoisotopic (exact) mass is 210 g/mol. The van der Waals surface area contributed by atoms with Crippen molar-refractivity contribution < 1.29 is 14.3 Å². The zero-order chi connectivity index (χ0) is 11.4. The van der Waals surface area contributed by atoms with E-state index < -0.39 is 17.8 Å². The smallest absolute Gasteiger partial charge is 0.138 e. The summed E-state index contributed by atoms with van der Waals surface area (Å²) in [6.45, 7) is 3.34. The van der Waals surface area contributed by atoms with Crippen LogP contribution in [0.5, 0.6) is 0 Å². The first-order valence-corrected chi connectivity index (χ1v) is 5.03. The highest BCUT2D eigenvalue weighted by molar-refractivity contribution is 5.81. The van der Waals surface area contributed by atoms with Crippen LogP contribution in [0, 0.1) is 11.7 Å². The SMILES string of the molecule is CCC(=O)[C@H](C)[C@@H](O)c1ccccc1F. The molecular weight excluding hydrogens is 195 g/mol. The van der Waals surface area contributed by atoms with Crippen molar-refractivity contribution in [3.8, 4) is 0 Å². The minimum absolute atomic E-state index is 0.0641. The van der Waals surface area contributed by atoms with Gasteiger partial charge in [0.2, 0.25) is 0 Å². The predicted molar refractivity (Wildman–Crippen MR) is 55.8 cm³/mol. The first-order chi connectivity index (χ1) is 7.07. The third kappa shape index (κ3) is 2.63. The summed E-state index contributed by atoms with van der Waals surface area (Å²) in [7, 11) is 0. The third-order valence-electron chi connectivity index (χ3n) is 2.55.